The Kier molecular flexibility index (Phi) is 4.36. The van der Waals surface area contributed by atoms with Crippen molar-refractivity contribution in [3.63, 3.8) is 0 Å². The third kappa shape index (κ3) is 3.03. The molecule has 2 aromatic carbocycles. The topological polar surface area (TPSA) is 64.0 Å². The van der Waals surface area contributed by atoms with E-state index in [1.54, 1.807) is 54.0 Å². The molecule has 1 heterocycles. The predicted molar refractivity (Wildman–Crippen MR) is 95.8 cm³/mol. The fourth-order valence-electron chi connectivity index (χ4n) is 2.60. The third-order valence-corrected chi connectivity index (χ3v) is 4.01. The molecule has 122 valence electrons. The maximum Gasteiger partial charge on any atom is 0.272 e. The van der Waals surface area contributed by atoms with Crippen LogP contribution in [-0.2, 0) is 6.54 Å². The van der Waals surface area contributed by atoms with Crippen molar-refractivity contribution in [2.45, 2.75) is 20.4 Å². The van der Waals surface area contributed by atoms with Gasteiger partial charge in [0.05, 0.1) is 11.0 Å². The molecule has 0 aliphatic heterocycles. The van der Waals surface area contributed by atoms with E-state index >= 15 is 0 Å². The van der Waals surface area contributed by atoms with Gasteiger partial charge in [0.15, 0.2) is 0 Å². The molecule has 3 rings (SSSR count). The Labute approximate surface area is 143 Å². The number of hydrogen-bond donors (Lipinski definition) is 1. The van der Waals surface area contributed by atoms with Crippen molar-refractivity contribution < 1.29 is 4.79 Å². The summed E-state index contributed by atoms with van der Waals surface area (Å²) in [6.07, 6.45) is 0. The number of benzene rings is 2. The number of nitrogens with one attached hydrogen (secondary N) is 1. The summed E-state index contributed by atoms with van der Waals surface area (Å²) in [5.74, 6) is -0.257. The predicted octanol–water partition coefficient (Wildman–Crippen LogP) is 3.63. The van der Waals surface area contributed by atoms with Gasteiger partial charge in [-0.3, -0.25) is 9.59 Å². The summed E-state index contributed by atoms with van der Waals surface area (Å²) < 4.78 is 1.65. The molecule has 0 atom stereocenters. The van der Waals surface area contributed by atoms with Crippen LogP contribution in [0.15, 0.2) is 47.3 Å². The van der Waals surface area contributed by atoms with Gasteiger partial charge in [-0.2, -0.15) is 0 Å². The molecule has 0 aliphatic carbocycles. The van der Waals surface area contributed by atoms with Gasteiger partial charge in [-0.05, 0) is 50.2 Å². The largest absolute Gasteiger partial charge is 0.322 e. The molecule has 0 saturated carbocycles. The van der Waals surface area contributed by atoms with Crippen LogP contribution >= 0.6 is 11.6 Å². The highest BCUT2D eigenvalue weighted by Crippen LogP contribution is 2.18. The van der Waals surface area contributed by atoms with Crippen LogP contribution in [-0.4, -0.2) is 15.5 Å². The number of anilines is 1. The van der Waals surface area contributed by atoms with Crippen LogP contribution in [0.5, 0.6) is 0 Å². The van der Waals surface area contributed by atoms with E-state index in [-0.39, 0.29) is 11.5 Å². The van der Waals surface area contributed by atoms with Crippen LogP contribution in [0, 0.1) is 6.92 Å². The summed E-state index contributed by atoms with van der Waals surface area (Å²) in [6, 6.07) is 12.1. The van der Waals surface area contributed by atoms with Gasteiger partial charge in [-0.25, -0.2) is 4.98 Å². The van der Waals surface area contributed by atoms with E-state index in [0.29, 0.717) is 39.5 Å². The van der Waals surface area contributed by atoms with Gasteiger partial charge in [-0.15, -0.1) is 0 Å². The molecular weight excluding hydrogens is 326 g/mol. The number of carbonyl (C=O) groups excluding carboxylic acids is 1. The second kappa shape index (κ2) is 6.45. The molecule has 1 amide bonds. The van der Waals surface area contributed by atoms with Gasteiger partial charge in [-0.1, -0.05) is 17.7 Å². The lowest BCUT2D eigenvalue weighted by atomic mass is 10.1. The van der Waals surface area contributed by atoms with E-state index in [0.717, 1.165) is 0 Å². The number of hydrogen-bond acceptors (Lipinski definition) is 3. The van der Waals surface area contributed by atoms with Crippen molar-refractivity contribution in [1.82, 2.24) is 9.55 Å². The van der Waals surface area contributed by atoms with Crippen molar-refractivity contribution in [3.8, 4) is 0 Å². The summed E-state index contributed by atoms with van der Waals surface area (Å²) in [5, 5.41) is 3.35. The van der Waals surface area contributed by atoms with E-state index in [2.05, 4.69) is 10.3 Å². The highest BCUT2D eigenvalue weighted by Gasteiger charge is 2.11. The Morgan fingerprint density at radius 3 is 2.75 bits per heavy atom. The molecule has 0 radical (unpaired) electrons. The minimum atomic E-state index is -0.257. The lowest BCUT2D eigenvalue weighted by Gasteiger charge is -2.10. The van der Waals surface area contributed by atoms with Crippen molar-refractivity contribution in [1.29, 1.82) is 0 Å². The van der Waals surface area contributed by atoms with Crippen molar-refractivity contribution >= 4 is 34.2 Å². The Balaban J connectivity index is 2.00. The molecule has 24 heavy (non-hydrogen) atoms. The van der Waals surface area contributed by atoms with Gasteiger partial charge in [0.2, 0.25) is 0 Å². The molecule has 0 saturated heterocycles. The standard InChI is InChI=1S/C18H16ClN3O2/c1-3-22-16-8-7-12(9-15(16)20-11(2)18(22)24)17(23)21-14-6-4-5-13(19)10-14/h4-10H,3H2,1-2H3,(H,21,23). The minimum absolute atomic E-state index is 0.110. The SMILES string of the molecule is CCn1c(=O)c(C)nc2cc(C(=O)Nc3cccc(Cl)c3)ccc21. The average molecular weight is 342 g/mol. The first-order valence-corrected chi connectivity index (χ1v) is 7.95. The molecule has 0 bridgehead atoms. The van der Waals surface area contributed by atoms with Gasteiger partial charge >= 0.3 is 0 Å². The molecule has 1 aromatic heterocycles. The number of carbonyl (C=O) groups is 1. The zero-order valence-corrected chi connectivity index (χ0v) is 14.1. The summed E-state index contributed by atoms with van der Waals surface area (Å²) in [7, 11) is 0. The number of amides is 1. The number of nitrogens with zero attached hydrogens (tertiary/aromatic N) is 2. The maximum absolute atomic E-state index is 12.4. The van der Waals surface area contributed by atoms with E-state index < -0.39 is 0 Å². The third-order valence-electron chi connectivity index (χ3n) is 3.77. The van der Waals surface area contributed by atoms with Gasteiger partial charge in [0, 0.05) is 22.8 Å². The second-order valence-corrected chi connectivity index (χ2v) is 5.85. The van der Waals surface area contributed by atoms with Crippen molar-refractivity contribution in [2.75, 3.05) is 5.32 Å². The van der Waals surface area contributed by atoms with Gasteiger partial charge in [0.1, 0.15) is 5.69 Å². The highest BCUT2D eigenvalue weighted by molar-refractivity contribution is 6.31. The fraction of sp³-hybridized carbons (Fsp3) is 0.167. The van der Waals surface area contributed by atoms with Crippen molar-refractivity contribution in [3.05, 3.63) is 69.1 Å². The van der Waals surface area contributed by atoms with E-state index in [1.807, 2.05) is 6.92 Å². The van der Waals surface area contributed by atoms with Crippen LogP contribution in [0.3, 0.4) is 0 Å². The Bertz CT molecular complexity index is 995. The van der Waals surface area contributed by atoms with Crippen LogP contribution in [0.2, 0.25) is 5.02 Å². The Morgan fingerprint density at radius 1 is 1.25 bits per heavy atom. The first-order valence-electron chi connectivity index (χ1n) is 7.57. The molecule has 0 fully saturated rings. The summed E-state index contributed by atoms with van der Waals surface area (Å²) >= 11 is 5.92. The number of fused-ring (bicyclic) bond motifs is 1. The second-order valence-electron chi connectivity index (χ2n) is 5.41. The lowest BCUT2D eigenvalue weighted by molar-refractivity contribution is 0.102. The van der Waals surface area contributed by atoms with Gasteiger partial charge < -0.3 is 9.88 Å². The zero-order chi connectivity index (χ0) is 17.3. The zero-order valence-electron chi connectivity index (χ0n) is 13.3. The molecule has 0 unspecified atom stereocenters. The summed E-state index contributed by atoms with van der Waals surface area (Å²) in [4.78, 5) is 28.9. The molecular formula is C18H16ClN3O2. The first-order chi connectivity index (χ1) is 11.5. The maximum atomic E-state index is 12.4. The fourth-order valence-corrected chi connectivity index (χ4v) is 2.79. The number of aryl methyl sites for hydroxylation is 2. The molecule has 1 N–H and O–H groups in total. The Morgan fingerprint density at radius 2 is 2.04 bits per heavy atom. The van der Waals surface area contributed by atoms with E-state index in [4.69, 9.17) is 11.6 Å². The summed E-state index contributed by atoms with van der Waals surface area (Å²) in [6.45, 7) is 4.12. The average Bonchev–Trinajstić information content (AvgIpc) is 2.55. The van der Waals surface area contributed by atoms with E-state index in [9.17, 15) is 9.59 Å². The van der Waals surface area contributed by atoms with Crippen molar-refractivity contribution in [2.24, 2.45) is 0 Å². The number of rotatable bonds is 3. The molecule has 5 nitrogen and oxygen atoms in total. The normalized spacial score (nSPS) is 10.8. The summed E-state index contributed by atoms with van der Waals surface area (Å²) in [5.41, 5.74) is 2.73. The van der Waals surface area contributed by atoms with Crippen LogP contribution in [0.1, 0.15) is 23.0 Å². The molecule has 3 aromatic rings. The highest BCUT2D eigenvalue weighted by atomic mass is 35.5. The van der Waals surface area contributed by atoms with Crippen LogP contribution in [0.4, 0.5) is 5.69 Å². The lowest BCUT2D eigenvalue weighted by Crippen LogP contribution is -2.23. The smallest absolute Gasteiger partial charge is 0.272 e. The van der Waals surface area contributed by atoms with Crippen LogP contribution < -0.4 is 10.9 Å². The van der Waals surface area contributed by atoms with Crippen LogP contribution in [0.25, 0.3) is 11.0 Å². The molecule has 0 aliphatic rings. The quantitative estimate of drug-likeness (QED) is 0.791. The number of aromatic nitrogens is 2. The number of halogens is 1. The monoisotopic (exact) mass is 341 g/mol. The molecule has 6 heteroatoms. The molecule has 0 spiro atoms. The van der Waals surface area contributed by atoms with E-state index in [1.165, 1.54) is 0 Å². The Hall–Kier alpha value is -2.66. The van der Waals surface area contributed by atoms with Gasteiger partial charge in [0.25, 0.3) is 11.5 Å². The first kappa shape index (κ1) is 16.2. The minimum Gasteiger partial charge on any atom is -0.322 e.